The van der Waals surface area contributed by atoms with Crippen molar-refractivity contribution in [2.75, 3.05) is 5.32 Å². The van der Waals surface area contributed by atoms with Gasteiger partial charge >= 0.3 is 0 Å². The summed E-state index contributed by atoms with van der Waals surface area (Å²) < 4.78 is 0. The zero-order valence-corrected chi connectivity index (χ0v) is 10.2. The Hall–Kier alpha value is -1.75. The van der Waals surface area contributed by atoms with Crippen molar-refractivity contribution in [3.63, 3.8) is 0 Å². The van der Waals surface area contributed by atoms with Gasteiger partial charge in [0.15, 0.2) is 5.16 Å². The molecule has 0 bridgehead atoms. The Morgan fingerprint density at radius 1 is 1.41 bits per heavy atom. The lowest BCUT2D eigenvalue weighted by atomic mass is 10.3. The topological polar surface area (TPSA) is 57.8 Å². The number of anilines is 1. The zero-order chi connectivity index (χ0) is 12.1. The summed E-state index contributed by atoms with van der Waals surface area (Å²) in [6.07, 6.45) is 3.41. The van der Waals surface area contributed by atoms with Gasteiger partial charge in [0.2, 0.25) is 5.91 Å². The summed E-state index contributed by atoms with van der Waals surface area (Å²) in [6, 6.07) is 9.42. The number of carbonyl (C=O) groups is 1. The average molecular weight is 247 g/mol. The Bertz CT molecular complexity index is 470. The minimum absolute atomic E-state index is 0.0300. The van der Waals surface area contributed by atoms with Crippen LogP contribution in [0.1, 0.15) is 6.92 Å². The molecule has 0 radical (unpaired) electrons. The van der Waals surface area contributed by atoms with E-state index in [1.165, 1.54) is 11.8 Å². The number of para-hydroxylation sites is 1. The lowest BCUT2D eigenvalue weighted by Crippen LogP contribution is -2.22. The fourth-order valence-corrected chi connectivity index (χ4v) is 2.06. The van der Waals surface area contributed by atoms with Crippen LogP contribution >= 0.6 is 11.8 Å². The molecular weight excluding hydrogens is 234 g/mol. The van der Waals surface area contributed by atoms with Crippen molar-refractivity contribution in [1.82, 2.24) is 9.97 Å². The standard InChI is InChI=1S/C12H13N3OS/c1-9(17-12-13-7-8-14-12)11(16)15-10-5-3-2-4-6-10/h2-9H,1H3,(H,13,14)(H,15,16)/t9-/m0/s1. The van der Waals surface area contributed by atoms with Crippen molar-refractivity contribution < 1.29 is 4.79 Å². The van der Waals surface area contributed by atoms with Crippen LogP contribution in [0.2, 0.25) is 0 Å². The highest BCUT2D eigenvalue weighted by atomic mass is 32.2. The molecule has 5 heteroatoms. The smallest absolute Gasteiger partial charge is 0.237 e. The number of H-pyrrole nitrogens is 1. The van der Waals surface area contributed by atoms with Crippen molar-refractivity contribution in [2.45, 2.75) is 17.3 Å². The molecule has 0 spiro atoms. The van der Waals surface area contributed by atoms with Gasteiger partial charge in [-0.1, -0.05) is 30.0 Å². The number of aromatic amines is 1. The maximum absolute atomic E-state index is 11.9. The molecular formula is C12H13N3OS. The first-order valence-electron chi connectivity index (χ1n) is 5.27. The molecule has 2 N–H and O–H groups in total. The summed E-state index contributed by atoms with van der Waals surface area (Å²) in [6.45, 7) is 1.85. The fourth-order valence-electron chi connectivity index (χ4n) is 1.30. The number of amides is 1. The van der Waals surface area contributed by atoms with Gasteiger partial charge in [0, 0.05) is 18.1 Å². The molecule has 0 unspecified atom stereocenters. The van der Waals surface area contributed by atoms with Crippen LogP contribution in [0.5, 0.6) is 0 Å². The summed E-state index contributed by atoms with van der Waals surface area (Å²) in [7, 11) is 0. The van der Waals surface area contributed by atoms with Gasteiger partial charge in [-0.3, -0.25) is 4.79 Å². The van der Waals surface area contributed by atoms with Crippen LogP contribution in [-0.2, 0) is 4.79 Å². The molecule has 1 aromatic carbocycles. The molecule has 1 aromatic heterocycles. The Balaban J connectivity index is 1.92. The second kappa shape index (κ2) is 5.54. The number of hydrogen-bond donors (Lipinski definition) is 2. The summed E-state index contributed by atoms with van der Waals surface area (Å²) >= 11 is 1.40. The van der Waals surface area contributed by atoms with E-state index in [1.807, 2.05) is 37.3 Å². The van der Waals surface area contributed by atoms with Gasteiger partial charge in [-0.2, -0.15) is 0 Å². The maximum atomic E-state index is 11.9. The number of carbonyl (C=O) groups excluding carboxylic acids is 1. The van der Waals surface area contributed by atoms with E-state index in [0.29, 0.717) is 0 Å². The predicted octanol–water partition coefficient (Wildman–Crippen LogP) is 2.53. The van der Waals surface area contributed by atoms with Gasteiger partial charge < -0.3 is 10.3 Å². The highest BCUT2D eigenvalue weighted by Gasteiger charge is 2.15. The minimum atomic E-state index is -0.193. The molecule has 2 aromatic rings. The predicted molar refractivity (Wildman–Crippen MR) is 69.0 cm³/mol. The molecule has 0 aliphatic heterocycles. The molecule has 2 rings (SSSR count). The van der Waals surface area contributed by atoms with Crippen LogP contribution in [0.25, 0.3) is 0 Å². The van der Waals surface area contributed by atoms with Crippen LogP contribution < -0.4 is 5.32 Å². The summed E-state index contributed by atoms with van der Waals surface area (Å²) in [4.78, 5) is 18.9. The van der Waals surface area contributed by atoms with Gasteiger partial charge in [-0.25, -0.2) is 4.98 Å². The van der Waals surface area contributed by atoms with E-state index in [1.54, 1.807) is 12.4 Å². The van der Waals surface area contributed by atoms with Crippen molar-refractivity contribution >= 4 is 23.4 Å². The Kier molecular flexibility index (Phi) is 3.82. The number of rotatable bonds is 4. The highest BCUT2D eigenvalue weighted by Crippen LogP contribution is 2.20. The van der Waals surface area contributed by atoms with E-state index in [4.69, 9.17) is 0 Å². The van der Waals surface area contributed by atoms with Gasteiger partial charge in [0.25, 0.3) is 0 Å². The van der Waals surface area contributed by atoms with Crippen molar-refractivity contribution in [3.05, 3.63) is 42.7 Å². The molecule has 1 heterocycles. The second-order valence-corrected chi connectivity index (χ2v) is 4.84. The molecule has 4 nitrogen and oxygen atoms in total. The van der Waals surface area contributed by atoms with E-state index < -0.39 is 0 Å². The molecule has 1 atom stereocenters. The average Bonchev–Trinajstić information content (AvgIpc) is 2.83. The summed E-state index contributed by atoms with van der Waals surface area (Å²) in [5.74, 6) is -0.0300. The molecule has 88 valence electrons. The minimum Gasteiger partial charge on any atom is -0.340 e. The van der Waals surface area contributed by atoms with Gasteiger partial charge in [0.1, 0.15) is 0 Å². The van der Waals surface area contributed by atoms with E-state index in [0.717, 1.165) is 10.8 Å². The van der Waals surface area contributed by atoms with Crippen LogP contribution in [-0.4, -0.2) is 21.1 Å². The number of nitrogens with one attached hydrogen (secondary N) is 2. The SMILES string of the molecule is C[C@H](Sc1ncc[nH]1)C(=O)Nc1ccccc1. The number of thioether (sulfide) groups is 1. The number of imidazole rings is 1. The quantitative estimate of drug-likeness (QED) is 0.816. The maximum Gasteiger partial charge on any atom is 0.237 e. The van der Waals surface area contributed by atoms with E-state index in [9.17, 15) is 4.79 Å². The zero-order valence-electron chi connectivity index (χ0n) is 9.38. The molecule has 0 aliphatic rings. The van der Waals surface area contributed by atoms with E-state index >= 15 is 0 Å². The normalized spacial score (nSPS) is 12.1. The first-order valence-corrected chi connectivity index (χ1v) is 6.15. The number of nitrogens with zero attached hydrogens (tertiary/aromatic N) is 1. The van der Waals surface area contributed by atoms with Crippen LogP contribution in [0.3, 0.4) is 0 Å². The number of hydrogen-bond acceptors (Lipinski definition) is 3. The molecule has 17 heavy (non-hydrogen) atoms. The van der Waals surface area contributed by atoms with E-state index in [2.05, 4.69) is 15.3 Å². The molecule has 0 saturated carbocycles. The lowest BCUT2D eigenvalue weighted by molar-refractivity contribution is -0.115. The highest BCUT2D eigenvalue weighted by molar-refractivity contribution is 8.00. The van der Waals surface area contributed by atoms with Crippen LogP contribution in [0.4, 0.5) is 5.69 Å². The summed E-state index contributed by atoms with van der Waals surface area (Å²) in [5.41, 5.74) is 0.810. The number of benzene rings is 1. The van der Waals surface area contributed by atoms with Gasteiger partial charge in [0.05, 0.1) is 5.25 Å². The van der Waals surface area contributed by atoms with Crippen molar-refractivity contribution in [1.29, 1.82) is 0 Å². The molecule has 0 fully saturated rings. The largest absolute Gasteiger partial charge is 0.340 e. The number of aromatic nitrogens is 2. The molecule has 0 saturated heterocycles. The second-order valence-electron chi connectivity index (χ2n) is 3.51. The van der Waals surface area contributed by atoms with Gasteiger partial charge in [-0.15, -0.1) is 0 Å². The van der Waals surface area contributed by atoms with Crippen molar-refractivity contribution in [2.24, 2.45) is 0 Å². The first kappa shape index (κ1) is 11.7. The van der Waals surface area contributed by atoms with Crippen molar-refractivity contribution in [3.8, 4) is 0 Å². The Labute approximate surface area is 104 Å². The lowest BCUT2D eigenvalue weighted by Gasteiger charge is -2.10. The molecule has 1 amide bonds. The third kappa shape index (κ3) is 3.35. The molecule has 0 aliphatic carbocycles. The Morgan fingerprint density at radius 3 is 2.82 bits per heavy atom. The fraction of sp³-hybridized carbons (Fsp3) is 0.167. The Morgan fingerprint density at radius 2 is 2.18 bits per heavy atom. The van der Waals surface area contributed by atoms with Gasteiger partial charge in [-0.05, 0) is 19.1 Å². The third-order valence-electron chi connectivity index (χ3n) is 2.17. The summed E-state index contributed by atoms with van der Waals surface area (Å²) in [5, 5.41) is 3.41. The third-order valence-corrected chi connectivity index (χ3v) is 3.19. The van der Waals surface area contributed by atoms with Crippen LogP contribution in [0.15, 0.2) is 47.9 Å². The monoisotopic (exact) mass is 247 g/mol. The van der Waals surface area contributed by atoms with Crippen LogP contribution in [0, 0.1) is 0 Å². The first-order chi connectivity index (χ1) is 8.25. The van der Waals surface area contributed by atoms with E-state index in [-0.39, 0.29) is 11.2 Å².